The predicted octanol–water partition coefficient (Wildman–Crippen LogP) is 3.35. The summed E-state index contributed by atoms with van der Waals surface area (Å²) < 4.78 is 23.8. The Morgan fingerprint density at radius 3 is 2.67 bits per heavy atom. The van der Waals surface area contributed by atoms with E-state index in [9.17, 15) is 4.79 Å². The van der Waals surface area contributed by atoms with Crippen molar-refractivity contribution in [2.24, 2.45) is 5.10 Å². The van der Waals surface area contributed by atoms with Gasteiger partial charge in [0.1, 0.15) is 13.2 Å². The van der Waals surface area contributed by atoms with Gasteiger partial charge in [-0.05, 0) is 24.3 Å². The number of carbonyl (C=O) groups excluding carboxylic acids is 1. The Kier molecular flexibility index (Phi) is 4.64. The van der Waals surface area contributed by atoms with Crippen molar-refractivity contribution >= 4 is 11.6 Å². The summed E-state index contributed by atoms with van der Waals surface area (Å²) in [6, 6.07) is 12.1. The SMILES string of the molecule is COc1cccc2c1OC1(CCN(C(C)=O)CC1)N1N=C(c3ccc4c(c3)OCCO4)CC21. The molecule has 0 saturated carbocycles. The van der Waals surface area contributed by atoms with Gasteiger partial charge < -0.3 is 23.8 Å². The lowest BCUT2D eigenvalue weighted by atomic mass is 9.90. The highest BCUT2D eigenvalue weighted by Gasteiger charge is 2.52. The molecule has 6 rings (SSSR count). The van der Waals surface area contributed by atoms with E-state index in [4.69, 9.17) is 24.0 Å². The Balaban J connectivity index is 1.40. The van der Waals surface area contributed by atoms with E-state index < -0.39 is 5.72 Å². The summed E-state index contributed by atoms with van der Waals surface area (Å²) in [5, 5.41) is 7.25. The van der Waals surface area contributed by atoms with Crippen molar-refractivity contribution < 1.29 is 23.7 Å². The molecule has 0 radical (unpaired) electrons. The second kappa shape index (κ2) is 7.57. The minimum atomic E-state index is -0.617. The third-order valence-corrected chi connectivity index (χ3v) is 7.07. The van der Waals surface area contributed by atoms with Crippen LogP contribution >= 0.6 is 0 Å². The summed E-state index contributed by atoms with van der Waals surface area (Å²) in [4.78, 5) is 13.8. The number of rotatable bonds is 2. The van der Waals surface area contributed by atoms with Crippen LogP contribution in [0.15, 0.2) is 41.5 Å². The van der Waals surface area contributed by atoms with Gasteiger partial charge in [0.05, 0.1) is 18.9 Å². The van der Waals surface area contributed by atoms with Gasteiger partial charge in [-0.1, -0.05) is 12.1 Å². The molecule has 4 aliphatic rings. The second-order valence-electron chi connectivity index (χ2n) is 8.90. The second-order valence-corrected chi connectivity index (χ2v) is 8.90. The van der Waals surface area contributed by atoms with Gasteiger partial charge in [0.2, 0.25) is 11.6 Å². The van der Waals surface area contributed by atoms with Crippen molar-refractivity contribution in [2.75, 3.05) is 33.4 Å². The summed E-state index contributed by atoms with van der Waals surface area (Å²) in [7, 11) is 1.67. The van der Waals surface area contributed by atoms with Crippen LogP contribution in [0.4, 0.5) is 0 Å². The molecule has 1 fully saturated rings. The molecule has 0 bridgehead atoms. The summed E-state index contributed by atoms with van der Waals surface area (Å²) in [6.07, 6.45) is 2.11. The molecule has 1 atom stereocenters. The monoisotopic (exact) mass is 449 g/mol. The van der Waals surface area contributed by atoms with Crippen molar-refractivity contribution in [3.05, 3.63) is 47.5 Å². The van der Waals surface area contributed by atoms with Crippen LogP contribution in [0.3, 0.4) is 0 Å². The van der Waals surface area contributed by atoms with Crippen LogP contribution in [0.5, 0.6) is 23.0 Å². The molecule has 1 amide bonds. The predicted molar refractivity (Wildman–Crippen MR) is 121 cm³/mol. The van der Waals surface area contributed by atoms with E-state index in [1.54, 1.807) is 14.0 Å². The van der Waals surface area contributed by atoms with Gasteiger partial charge in [0, 0.05) is 50.4 Å². The number of hydrogen-bond donors (Lipinski definition) is 0. The van der Waals surface area contributed by atoms with Crippen molar-refractivity contribution in [2.45, 2.75) is 38.0 Å². The normalized spacial score (nSPS) is 22.2. The third-order valence-electron chi connectivity index (χ3n) is 7.07. The molecule has 0 aliphatic carbocycles. The van der Waals surface area contributed by atoms with Gasteiger partial charge in [-0.25, -0.2) is 5.01 Å². The summed E-state index contributed by atoms with van der Waals surface area (Å²) in [5.41, 5.74) is 2.47. The molecule has 4 aliphatic heterocycles. The highest BCUT2D eigenvalue weighted by molar-refractivity contribution is 6.02. The van der Waals surface area contributed by atoms with Gasteiger partial charge in [-0.3, -0.25) is 4.79 Å². The Labute approximate surface area is 192 Å². The van der Waals surface area contributed by atoms with Crippen LogP contribution in [0.1, 0.15) is 43.4 Å². The fourth-order valence-electron chi connectivity index (χ4n) is 5.33. The molecule has 1 unspecified atom stereocenters. The first-order valence-corrected chi connectivity index (χ1v) is 11.5. The summed E-state index contributed by atoms with van der Waals surface area (Å²) in [6.45, 7) is 4.01. The van der Waals surface area contributed by atoms with Gasteiger partial charge in [-0.15, -0.1) is 0 Å². The molecular formula is C25H27N3O5. The molecule has 2 aromatic rings. The van der Waals surface area contributed by atoms with Crippen LogP contribution < -0.4 is 18.9 Å². The van der Waals surface area contributed by atoms with Crippen LogP contribution in [-0.4, -0.2) is 60.7 Å². The highest BCUT2D eigenvalue weighted by atomic mass is 16.6. The topological polar surface area (TPSA) is 72.8 Å². The average Bonchev–Trinajstić information content (AvgIpc) is 3.31. The van der Waals surface area contributed by atoms with E-state index in [2.05, 4.69) is 11.1 Å². The highest BCUT2D eigenvalue weighted by Crippen LogP contribution is 2.53. The van der Waals surface area contributed by atoms with Crippen molar-refractivity contribution in [1.29, 1.82) is 0 Å². The maximum atomic E-state index is 12.0. The van der Waals surface area contributed by atoms with E-state index in [1.165, 1.54) is 0 Å². The minimum Gasteiger partial charge on any atom is -0.493 e. The van der Waals surface area contributed by atoms with Crippen LogP contribution in [0, 0.1) is 0 Å². The molecule has 4 heterocycles. The molecule has 1 saturated heterocycles. The van der Waals surface area contributed by atoms with Crippen molar-refractivity contribution in [3.8, 4) is 23.0 Å². The number of carbonyl (C=O) groups is 1. The Bertz CT molecular complexity index is 1140. The lowest BCUT2D eigenvalue weighted by Gasteiger charge is -2.51. The first-order chi connectivity index (χ1) is 16.1. The van der Waals surface area contributed by atoms with Crippen LogP contribution in [0.25, 0.3) is 0 Å². The van der Waals surface area contributed by atoms with Crippen molar-refractivity contribution in [1.82, 2.24) is 9.91 Å². The molecule has 33 heavy (non-hydrogen) atoms. The van der Waals surface area contributed by atoms with E-state index in [-0.39, 0.29) is 11.9 Å². The first kappa shape index (κ1) is 20.2. The number of nitrogens with zero attached hydrogens (tertiary/aromatic N) is 3. The maximum Gasteiger partial charge on any atom is 0.219 e. The Morgan fingerprint density at radius 2 is 1.91 bits per heavy atom. The van der Waals surface area contributed by atoms with Gasteiger partial charge in [0.25, 0.3) is 0 Å². The van der Waals surface area contributed by atoms with Gasteiger partial charge in [-0.2, -0.15) is 5.10 Å². The Morgan fingerprint density at radius 1 is 1.12 bits per heavy atom. The van der Waals surface area contributed by atoms with Crippen LogP contribution in [-0.2, 0) is 4.79 Å². The molecule has 8 heteroatoms. The van der Waals surface area contributed by atoms with E-state index >= 15 is 0 Å². The van der Waals surface area contributed by atoms with E-state index in [0.29, 0.717) is 39.1 Å². The van der Waals surface area contributed by atoms with Gasteiger partial charge >= 0.3 is 0 Å². The first-order valence-electron chi connectivity index (χ1n) is 11.5. The fourth-order valence-corrected chi connectivity index (χ4v) is 5.33. The molecule has 1 spiro atoms. The van der Waals surface area contributed by atoms with E-state index in [0.717, 1.165) is 46.3 Å². The number of ether oxygens (including phenoxy) is 4. The zero-order valence-electron chi connectivity index (χ0n) is 18.9. The summed E-state index contributed by atoms with van der Waals surface area (Å²) in [5.74, 6) is 3.14. The standard InChI is InChI=1S/C25H27N3O5/c1-16(29)27-10-8-25(9-11-27)28-20(18-4-3-5-22(30-2)24(18)33-25)15-19(26-28)17-6-7-21-23(14-17)32-13-12-31-21/h3-7,14,20H,8-13,15H2,1-2H3. The number of para-hydroxylation sites is 1. The number of piperidine rings is 1. The molecule has 2 aromatic carbocycles. The fraction of sp³-hybridized carbons (Fsp3) is 0.440. The molecule has 8 nitrogen and oxygen atoms in total. The quantitative estimate of drug-likeness (QED) is 0.700. The maximum absolute atomic E-state index is 12.0. The smallest absolute Gasteiger partial charge is 0.219 e. The zero-order chi connectivity index (χ0) is 22.6. The molecule has 172 valence electrons. The summed E-state index contributed by atoms with van der Waals surface area (Å²) >= 11 is 0. The number of benzene rings is 2. The number of hydrogen-bond acceptors (Lipinski definition) is 7. The number of likely N-dealkylation sites (tertiary alicyclic amines) is 1. The van der Waals surface area contributed by atoms with Gasteiger partial charge in [0.15, 0.2) is 23.0 Å². The Hall–Kier alpha value is -3.42. The average molecular weight is 450 g/mol. The number of amides is 1. The van der Waals surface area contributed by atoms with Crippen LogP contribution in [0.2, 0.25) is 0 Å². The van der Waals surface area contributed by atoms with Crippen molar-refractivity contribution in [3.63, 3.8) is 0 Å². The molecule has 0 aromatic heterocycles. The number of fused-ring (bicyclic) bond motifs is 5. The van der Waals surface area contributed by atoms with E-state index in [1.807, 2.05) is 35.2 Å². The number of methoxy groups -OCH3 is 1. The minimum absolute atomic E-state index is 0.0379. The lowest BCUT2D eigenvalue weighted by molar-refractivity contribution is -0.159. The number of hydrazone groups is 1. The zero-order valence-corrected chi connectivity index (χ0v) is 18.9. The third kappa shape index (κ3) is 3.19. The largest absolute Gasteiger partial charge is 0.493 e. The molecular weight excluding hydrogens is 422 g/mol. The molecule has 0 N–H and O–H groups in total. The lowest BCUT2D eigenvalue weighted by Crippen LogP contribution is -2.59.